The molecule has 4 nitrogen and oxygen atoms in total. The maximum Gasteiger partial charge on any atom is 0.225 e. The number of sulfonamides is 1. The summed E-state index contributed by atoms with van der Waals surface area (Å²) in [6.45, 7) is -0.259. The summed E-state index contributed by atoms with van der Waals surface area (Å²) in [5.74, 6) is 0. The Hall–Kier alpha value is -0.620. The maximum atomic E-state index is 11.2. The van der Waals surface area contributed by atoms with Gasteiger partial charge in [0.05, 0.1) is 6.61 Å². The van der Waals surface area contributed by atoms with Crippen molar-refractivity contribution in [1.82, 2.24) is 4.72 Å². The normalized spacial score (nSPS) is 13.6. The third kappa shape index (κ3) is 4.49. The fourth-order valence-corrected chi connectivity index (χ4v) is 2.25. The van der Waals surface area contributed by atoms with Crippen molar-refractivity contribution >= 4 is 21.6 Å². The minimum atomic E-state index is -3.50. The Morgan fingerprint density at radius 1 is 1.31 bits per heavy atom. The molecule has 6 heteroatoms. The van der Waals surface area contributed by atoms with Gasteiger partial charge in [0, 0.05) is 6.04 Å². The lowest BCUT2D eigenvalue weighted by Crippen LogP contribution is -2.39. The quantitative estimate of drug-likeness (QED) is 0.743. The minimum Gasteiger partial charge on any atom is -0.395 e. The molecular weight excluding hydrogens is 250 g/mol. The molecule has 0 saturated carbocycles. The zero-order chi connectivity index (χ0) is 12.0. The van der Waals surface area contributed by atoms with Crippen molar-refractivity contribution < 1.29 is 13.5 Å². The second kappa shape index (κ2) is 6.20. The average Bonchev–Trinajstić information content (AvgIpc) is 2.29. The van der Waals surface area contributed by atoms with Gasteiger partial charge in [0.15, 0.2) is 0 Å². The smallest absolute Gasteiger partial charge is 0.225 e. The van der Waals surface area contributed by atoms with Gasteiger partial charge in [-0.25, -0.2) is 13.1 Å². The molecule has 1 aromatic carbocycles. The molecule has 1 rings (SSSR count). The molecule has 0 radical (unpaired) electrons. The number of aliphatic hydroxyl groups is 1. The predicted molar refractivity (Wildman–Crippen MR) is 63.8 cm³/mol. The van der Waals surface area contributed by atoms with Crippen molar-refractivity contribution in [2.24, 2.45) is 0 Å². The van der Waals surface area contributed by atoms with Crippen LogP contribution in [0.4, 0.5) is 0 Å². The molecule has 0 amide bonds. The molecule has 0 aliphatic rings. The monoisotopic (exact) mass is 263 g/mol. The number of halogens is 1. The van der Waals surface area contributed by atoms with E-state index >= 15 is 0 Å². The van der Waals surface area contributed by atoms with Gasteiger partial charge in [0.25, 0.3) is 0 Å². The molecule has 90 valence electrons. The van der Waals surface area contributed by atoms with E-state index in [1.165, 1.54) is 0 Å². The first kappa shape index (κ1) is 13.4. The first-order valence-electron chi connectivity index (χ1n) is 4.78. The fourth-order valence-electron chi connectivity index (χ4n) is 1.33. The number of nitrogens with one attached hydrogen (secondary N) is 1. The standard InChI is InChI=1S/C10H14ClNO3S/c11-8-16(14,15)12-10(7-13)6-9-4-2-1-3-5-9/h1-5,10,12-13H,6-8H2/t10-/m0/s1. The lowest BCUT2D eigenvalue weighted by atomic mass is 10.1. The summed E-state index contributed by atoms with van der Waals surface area (Å²) in [6, 6.07) is 8.81. The van der Waals surface area contributed by atoms with Crippen LogP contribution in [0, 0.1) is 0 Å². The van der Waals surface area contributed by atoms with Crippen molar-refractivity contribution in [1.29, 1.82) is 0 Å². The molecule has 0 aromatic heterocycles. The molecule has 2 N–H and O–H groups in total. The number of benzene rings is 1. The van der Waals surface area contributed by atoms with Crippen LogP contribution >= 0.6 is 11.6 Å². The van der Waals surface area contributed by atoms with Crippen LogP contribution in [0.15, 0.2) is 30.3 Å². The Morgan fingerprint density at radius 3 is 2.44 bits per heavy atom. The third-order valence-corrected chi connectivity index (χ3v) is 3.88. The van der Waals surface area contributed by atoms with Crippen LogP contribution in [0.3, 0.4) is 0 Å². The molecule has 0 aliphatic heterocycles. The summed E-state index contributed by atoms with van der Waals surface area (Å²) < 4.78 is 24.7. The second-order valence-electron chi connectivity index (χ2n) is 3.41. The molecule has 0 fully saturated rings. The summed E-state index contributed by atoms with van der Waals surface area (Å²) in [5, 5.41) is 8.57. The summed E-state index contributed by atoms with van der Waals surface area (Å²) in [5.41, 5.74) is 0.957. The molecule has 16 heavy (non-hydrogen) atoms. The zero-order valence-corrected chi connectivity index (χ0v) is 10.2. The van der Waals surface area contributed by atoms with E-state index in [1.807, 2.05) is 30.3 Å². The first-order valence-corrected chi connectivity index (χ1v) is 6.97. The Labute approximate surface area is 100 Å². The molecule has 0 bridgehead atoms. The SMILES string of the molecule is O=S(=O)(CCl)N[C@H](CO)Cc1ccccc1. The lowest BCUT2D eigenvalue weighted by molar-refractivity contribution is 0.256. The highest BCUT2D eigenvalue weighted by atomic mass is 35.5. The van der Waals surface area contributed by atoms with Crippen molar-refractivity contribution in [3.63, 3.8) is 0 Å². The number of hydrogen-bond acceptors (Lipinski definition) is 3. The van der Waals surface area contributed by atoms with Crippen molar-refractivity contribution in [3.05, 3.63) is 35.9 Å². The van der Waals surface area contributed by atoms with Crippen molar-refractivity contribution in [3.8, 4) is 0 Å². The van der Waals surface area contributed by atoms with Crippen LogP contribution in [-0.4, -0.2) is 31.4 Å². The van der Waals surface area contributed by atoms with E-state index in [-0.39, 0.29) is 6.61 Å². The Kier molecular flexibility index (Phi) is 5.21. The van der Waals surface area contributed by atoms with E-state index in [1.54, 1.807) is 0 Å². The van der Waals surface area contributed by atoms with Crippen LogP contribution in [-0.2, 0) is 16.4 Å². The van der Waals surface area contributed by atoms with Crippen molar-refractivity contribution in [2.45, 2.75) is 12.5 Å². The summed E-state index contributed by atoms with van der Waals surface area (Å²) in [7, 11) is -3.50. The summed E-state index contributed by atoms with van der Waals surface area (Å²) in [6.07, 6.45) is 0.438. The molecule has 0 aliphatic carbocycles. The fraction of sp³-hybridized carbons (Fsp3) is 0.400. The zero-order valence-electron chi connectivity index (χ0n) is 8.64. The van der Waals surface area contributed by atoms with Gasteiger partial charge in [-0.3, -0.25) is 0 Å². The van der Waals surface area contributed by atoms with Crippen LogP contribution in [0.1, 0.15) is 5.56 Å². The molecule has 1 aromatic rings. The Bertz CT molecular complexity index is 407. The number of rotatable bonds is 6. The van der Waals surface area contributed by atoms with Gasteiger partial charge in [0.2, 0.25) is 10.0 Å². The van der Waals surface area contributed by atoms with Gasteiger partial charge in [-0.15, -0.1) is 11.6 Å². The maximum absolute atomic E-state index is 11.2. The number of hydrogen-bond donors (Lipinski definition) is 2. The molecule has 0 spiro atoms. The summed E-state index contributed by atoms with van der Waals surface area (Å²) >= 11 is 5.27. The van der Waals surface area contributed by atoms with Gasteiger partial charge < -0.3 is 5.11 Å². The van der Waals surface area contributed by atoms with Crippen LogP contribution in [0.25, 0.3) is 0 Å². The van der Waals surface area contributed by atoms with Gasteiger partial charge >= 0.3 is 0 Å². The molecule has 1 atom stereocenters. The largest absolute Gasteiger partial charge is 0.395 e. The predicted octanol–water partition coefficient (Wildman–Crippen LogP) is 0.706. The highest BCUT2D eigenvalue weighted by Gasteiger charge is 2.16. The number of aliphatic hydroxyl groups excluding tert-OH is 1. The average molecular weight is 264 g/mol. The molecule has 0 unspecified atom stereocenters. The van der Waals surface area contributed by atoms with E-state index < -0.39 is 21.3 Å². The van der Waals surface area contributed by atoms with E-state index in [0.717, 1.165) is 5.56 Å². The van der Waals surface area contributed by atoms with E-state index in [2.05, 4.69) is 4.72 Å². The van der Waals surface area contributed by atoms with E-state index in [4.69, 9.17) is 16.7 Å². The molecule has 0 heterocycles. The molecular formula is C10H14ClNO3S. The highest BCUT2D eigenvalue weighted by Crippen LogP contribution is 2.04. The Balaban J connectivity index is 2.63. The van der Waals surface area contributed by atoms with E-state index in [9.17, 15) is 8.42 Å². The first-order chi connectivity index (χ1) is 7.57. The second-order valence-corrected chi connectivity index (χ2v) is 5.75. The lowest BCUT2D eigenvalue weighted by Gasteiger charge is -2.15. The topological polar surface area (TPSA) is 66.4 Å². The van der Waals surface area contributed by atoms with Gasteiger partial charge in [-0.1, -0.05) is 30.3 Å². The minimum absolute atomic E-state index is 0.259. The number of alkyl halides is 1. The van der Waals surface area contributed by atoms with E-state index in [0.29, 0.717) is 6.42 Å². The molecule has 0 saturated heterocycles. The van der Waals surface area contributed by atoms with Gasteiger partial charge in [-0.05, 0) is 12.0 Å². The van der Waals surface area contributed by atoms with Crippen molar-refractivity contribution in [2.75, 3.05) is 11.8 Å². The van der Waals surface area contributed by atoms with Gasteiger partial charge in [-0.2, -0.15) is 0 Å². The Morgan fingerprint density at radius 2 is 1.94 bits per heavy atom. The third-order valence-electron chi connectivity index (χ3n) is 2.04. The van der Waals surface area contributed by atoms with Gasteiger partial charge in [0.1, 0.15) is 5.21 Å². The van der Waals surface area contributed by atoms with Crippen LogP contribution in [0.2, 0.25) is 0 Å². The van der Waals surface area contributed by atoms with Crippen LogP contribution in [0.5, 0.6) is 0 Å². The van der Waals surface area contributed by atoms with Crippen LogP contribution < -0.4 is 4.72 Å². The highest BCUT2D eigenvalue weighted by molar-refractivity contribution is 7.90. The summed E-state index contributed by atoms with van der Waals surface area (Å²) in [4.78, 5) is 0.